The smallest absolute Gasteiger partial charge is 0.352 e. The monoisotopic (exact) mass is 507 g/mol. The Hall–Kier alpha value is -2.45. The van der Waals surface area contributed by atoms with Crippen molar-refractivity contribution in [3.63, 3.8) is 0 Å². The molecule has 0 aliphatic carbocycles. The van der Waals surface area contributed by atoms with Crippen molar-refractivity contribution in [2.45, 2.75) is 35.3 Å². The van der Waals surface area contributed by atoms with Gasteiger partial charge in [-0.05, 0) is 23.6 Å². The van der Waals surface area contributed by atoms with Crippen LogP contribution in [0.1, 0.15) is 22.2 Å². The molecule has 2 aliphatic rings. The normalized spacial score (nSPS) is 20.8. The van der Waals surface area contributed by atoms with E-state index < -0.39 is 35.2 Å². The van der Waals surface area contributed by atoms with E-state index in [1.807, 2.05) is 6.92 Å². The predicted octanol–water partition coefficient (Wildman–Crippen LogP) is 0.870. The summed E-state index contributed by atoms with van der Waals surface area (Å²) in [5, 5.41) is 29.9. The van der Waals surface area contributed by atoms with E-state index in [1.165, 1.54) is 39.8 Å². The average Bonchev–Trinajstić information content (AvgIpc) is 3.24. The SMILES string of the molecule is Cc1nnc(SCC2=C(C(=O)O)N3C(=O)[C@@H](NC(=O)C(N)c4ccc(CO)cc4)[C@H]3SC2)s1. The lowest BCUT2D eigenvalue weighted by Gasteiger charge is -2.49. The number of benzene rings is 1. The molecule has 1 aromatic carbocycles. The number of aliphatic hydroxyl groups excluding tert-OH is 1. The van der Waals surface area contributed by atoms with E-state index in [2.05, 4.69) is 15.5 Å². The minimum Gasteiger partial charge on any atom is -0.477 e. The van der Waals surface area contributed by atoms with Crippen molar-refractivity contribution in [2.24, 2.45) is 5.73 Å². The van der Waals surface area contributed by atoms with Gasteiger partial charge in [-0.25, -0.2) is 4.79 Å². The Labute approximate surface area is 201 Å². The molecule has 1 unspecified atom stereocenters. The van der Waals surface area contributed by atoms with Crippen molar-refractivity contribution >= 4 is 52.6 Å². The molecule has 13 heteroatoms. The number of thioether (sulfide) groups is 2. The van der Waals surface area contributed by atoms with Gasteiger partial charge in [-0.15, -0.1) is 22.0 Å². The van der Waals surface area contributed by atoms with Gasteiger partial charge in [-0.3, -0.25) is 14.5 Å². The molecule has 2 amide bonds. The van der Waals surface area contributed by atoms with Crippen molar-refractivity contribution in [3.8, 4) is 0 Å². The molecular weight excluding hydrogens is 486 g/mol. The standard InChI is InChI=1S/C20H21N5O5S3/c1-9-23-24-20(33-9)32-8-12-7-31-18-14(17(28)25(18)15(12)19(29)30)22-16(27)13(21)11-4-2-10(6-26)3-5-11/h2-5,13-14,18,26H,6-8,21H2,1H3,(H,22,27)(H,29,30)/t13?,14-,18-/m1/s1. The molecule has 0 spiro atoms. The molecule has 1 saturated heterocycles. The number of carboxylic acids is 1. The van der Waals surface area contributed by atoms with Gasteiger partial charge < -0.3 is 21.3 Å². The summed E-state index contributed by atoms with van der Waals surface area (Å²) in [5.41, 5.74) is 7.87. The summed E-state index contributed by atoms with van der Waals surface area (Å²) in [4.78, 5) is 38.7. The van der Waals surface area contributed by atoms with Crippen LogP contribution in [0.4, 0.5) is 0 Å². The Balaban J connectivity index is 1.43. The van der Waals surface area contributed by atoms with E-state index in [1.54, 1.807) is 24.3 Å². The highest BCUT2D eigenvalue weighted by molar-refractivity contribution is 8.01. The number of fused-ring (bicyclic) bond motifs is 1. The highest BCUT2D eigenvalue weighted by atomic mass is 32.2. The second kappa shape index (κ2) is 9.81. The maximum Gasteiger partial charge on any atom is 0.352 e. The number of aliphatic hydroxyl groups is 1. The summed E-state index contributed by atoms with van der Waals surface area (Å²) < 4.78 is 0.734. The molecule has 33 heavy (non-hydrogen) atoms. The number of nitrogens with one attached hydrogen (secondary N) is 1. The number of amides is 2. The lowest BCUT2D eigenvalue weighted by molar-refractivity contribution is -0.150. The Bertz CT molecular complexity index is 1120. The first kappa shape index (κ1) is 23.7. The van der Waals surface area contributed by atoms with E-state index in [0.717, 1.165) is 9.35 Å². The molecule has 0 radical (unpaired) electrons. The maximum atomic E-state index is 12.8. The van der Waals surface area contributed by atoms with Gasteiger partial charge in [-0.2, -0.15) is 0 Å². The van der Waals surface area contributed by atoms with Crippen molar-refractivity contribution in [2.75, 3.05) is 11.5 Å². The van der Waals surface area contributed by atoms with Crippen LogP contribution in [0.15, 0.2) is 39.9 Å². The van der Waals surface area contributed by atoms with Crippen LogP contribution in [0.2, 0.25) is 0 Å². The third-order valence-electron chi connectivity index (χ3n) is 5.23. The van der Waals surface area contributed by atoms with E-state index in [-0.39, 0.29) is 12.3 Å². The van der Waals surface area contributed by atoms with Gasteiger partial charge in [0.1, 0.15) is 28.2 Å². The number of aromatic nitrogens is 2. The first-order chi connectivity index (χ1) is 15.8. The number of hydrogen-bond donors (Lipinski definition) is 4. The van der Waals surface area contributed by atoms with Gasteiger partial charge in [0.2, 0.25) is 5.91 Å². The third kappa shape index (κ3) is 4.77. The first-order valence-corrected chi connectivity index (χ1v) is 12.7. The first-order valence-electron chi connectivity index (χ1n) is 9.88. The number of β-lactam (4-membered cyclic amide) rings is 1. The molecule has 0 bridgehead atoms. The van der Waals surface area contributed by atoms with Crippen LogP contribution in [-0.2, 0) is 21.0 Å². The average molecular weight is 508 g/mol. The van der Waals surface area contributed by atoms with E-state index in [4.69, 9.17) is 10.8 Å². The number of hydrogen-bond acceptors (Lipinski definition) is 10. The molecule has 1 aromatic heterocycles. The summed E-state index contributed by atoms with van der Waals surface area (Å²) in [6, 6.07) is 4.79. The maximum absolute atomic E-state index is 12.8. The highest BCUT2D eigenvalue weighted by Crippen LogP contribution is 2.41. The number of rotatable bonds is 8. The lowest BCUT2D eigenvalue weighted by Crippen LogP contribution is -2.71. The number of carbonyl (C=O) groups is 3. The molecule has 1 fully saturated rings. The second-order valence-corrected chi connectivity index (χ2v) is 10.9. The van der Waals surface area contributed by atoms with Crippen molar-refractivity contribution in [1.29, 1.82) is 0 Å². The van der Waals surface area contributed by atoms with Gasteiger partial charge in [0.25, 0.3) is 5.91 Å². The zero-order chi connectivity index (χ0) is 23.7. The fourth-order valence-electron chi connectivity index (χ4n) is 3.50. The number of nitrogens with zero attached hydrogens (tertiary/aromatic N) is 3. The van der Waals surface area contributed by atoms with E-state index >= 15 is 0 Å². The summed E-state index contributed by atoms with van der Waals surface area (Å²) in [5.74, 6) is -1.38. The Morgan fingerprint density at radius 2 is 2.06 bits per heavy atom. The predicted molar refractivity (Wildman–Crippen MR) is 124 cm³/mol. The largest absolute Gasteiger partial charge is 0.477 e. The number of aliphatic carboxylic acids is 1. The number of carbonyl (C=O) groups excluding carboxylic acids is 2. The molecule has 3 heterocycles. The minimum atomic E-state index is -1.18. The summed E-state index contributed by atoms with van der Waals surface area (Å²) in [7, 11) is 0. The van der Waals surface area contributed by atoms with Crippen molar-refractivity contribution in [3.05, 3.63) is 51.7 Å². The Morgan fingerprint density at radius 3 is 2.67 bits per heavy atom. The Morgan fingerprint density at radius 1 is 1.33 bits per heavy atom. The fraction of sp³-hybridized carbons (Fsp3) is 0.350. The van der Waals surface area contributed by atoms with Gasteiger partial charge in [0.05, 0.1) is 6.61 Å². The van der Waals surface area contributed by atoms with Crippen LogP contribution in [0.3, 0.4) is 0 Å². The summed E-state index contributed by atoms with van der Waals surface area (Å²) >= 11 is 4.21. The molecule has 4 rings (SSSR count). The lowest BCUT2D eigenvalue weighted by atomic mass is 10.0. The van der Waals surface area contributed by atoms with Crippen molar-refractivity contribution < 1.29 is 24.6 Å². The molecule has 174 valence electrons. The molecule has 5 N–H and O–H groups in total. The molecule has 0 saturated carbocycles. The molecule has 3 atom stereocenters. The molecule has 2 aliphatic heterocycles. The molecular formula is C20H21N5O5S3. The zero-order valence-corrected chi connectivity index (χ0v) is 19.9. The van der Waals surface area contributed by atoms with Crippen LogP contribution in [0.5, 0.6) is 0 Å². The topological polar surface area (TPSA) is 159 Å². The Kier molecular flexibility index (Phi) is 7.05. The van der Waals surface area contributed by atoms with Crippen molar-refractivity contribution in [1.82, 2.24) is 20.4 Å². The van der Waals surface area contributed by atoms with Crippen LogP contribution in [-0.4, -0.2) is 66.0 Å². The minimum absolute atomic E-state index is 0.0353. The molecule has 2 aromatic rings. The van der Waals surface area contributed by atoms with Gasteiger partial charge in [-0.1, -0.05) is 47.4 Å². The number of carboxylic acid groups (broad SMARTS) is 1. The van der Waals surface area contributed by atoms with Crippen LogP contribution >= 0.6 is 34.9 Å². The van der Waals surface area contributed by atoms with Gasteiger partial charge in [0.15, 0.2) is 4.34 Å². The van der Waals surface area contributed by atoms with Gasteiger partial charge >= 0.3 is 5.97 Å². The third-order valence-corrected chi connectivity index (χ3v) is 8.63. The number of aryl methyl sites for hydroxylation is 1. The molecule has 10 nitrogen and oxygen atoms in total. The second-order valence-electron chi connectivity index (χ2n) is 7.41. The van der Waals surface area contributed by atoms with Crippen LogP contribution in [0, 0.1) is 6.92 Å². The number of nitrogens with two attached hydrogens (primary N) is 1. The summed E-state index contributed by atoms with van der Waals surface area (Å²) in [6.45, 7) is 1.72. The van der Waals surface area contributed by atoms with E-state index in [0.29, 0.717) is 28.2 Å². The van der Waals surface area contributed by atoms with E-state index in [9.17, 15) is 19.5 Å². The fourth-order valence-corrected chi connectivity index (χ4v) is 6.81. The summed E-state index contributed by atoms with van der Waals surface area (Å²) in [6.07, 6.45) is 0. The quantitative estimate of drug-likeness (QED) is 0.298. The van der Waals surface area contributed by atoms with Gasteiger partial charge in [0, 0.05) is 11.5 Å². The van der Waals surface area contributed by atoms with Crippen LogP contribution in [0.25, 0.3) is 0 Å². The van der Waals surface area contributed by atoms with Crippen LogP contribution < -0.4 is 11.1 Å². The highest BCUT2D eigenvalue weighted by Gasteiger charge is 2.54. The zero-order valence-electron chi connectivity index (χ0n) is 17.4.